The monoisotopic (exact) mass is 506 g/mol. The number of hydrogen-bond acceptors (Lipinski definition) is 7. The Bertz CT molecular complexity index is 1390. The minimum absolute atomic E-state index is 0.0443. The predicted octanol–water partition coefficient (Wildman–Crippen LogP) is 4.40. The highest BCUT2D eigenvalue weighted by Gasteiger charge is 2.45. The summed E-state index contributed by atoms with van der Waals surface area (Å²) < 4.78 is 33.4. The maximum Gasteiger partial charge on any atom is 0.243 e. The number of carbonyl (C=O) groups is 1. The summed E-state index contributed by atoms with van der Waals surface area (Å²) in [5.41, 5.74) is 8.39. The van der Waals surface area contributed by atoms with Crippen molar-refractivity contribution in [1.82, 2.24) is 4.31 Å². The fourth-order valence-corrected chi connectivity index (χ4v) is 7.08. The topological polar surface area (TPSA) is 121 Å². The lowest BCUT2D eigenvalue weighted by Crippen LogP contribution is -2.42. The Labute approximate surface area is 211 Å². The summed E-state index contributed by atoms with van der Waals surface area (Å²) >= 11 is 0. The van der Waals surface area contributed by atoms with Gasteiger partial charge in [0.1, 0.15) is 11.6 Å². The average Bonchev–Trinajstić information content (AvgIpc) is 3.38. The van der Waals surface area contributed by atoms with Gasteiger partial charge in [-0.05, 0) is 61.1 Å². The molecular formula is C27H30N4O4S. The Balaban J connectivity index is 1.61. The van der Waals surface area contributed by atoms with E-state index in [4.69, 9.17) is 10.2 Å². The molecule has 1 unspecified atom stereocenters. The molecule has 3 aliphatic rings. The second-order valence-corrected chi connectivity index (χ2v) is 12.4. The number of nitrogens with zero attached hydrogens (tertiary/aromatic N) is 3. The van der Waals surface area contributed by atoms with Crippen molar-refractivity contribution in [3.05, 3.63) is 71.1 Å². The van der Waals surface area contributed by atoms with Gasteiger partial charge in [-0.1, -0.05) is 20.3 Å². The highest BCUT2D eigenvalue weighted by atomic mass is 32.2. The van der Waals surface area contributed by atoms with E-state index in [0.29, 0.717) is 43.0 Å². The highest BCUT2D eigenvalue weighted by Crippen LogP contribution is 2.50. The molecule has 8 nitrogen and oxygen atoms in total. The number of furan rings is 1. The molecule has 0 spiro atoms. The Hall–Kier alpha value is -3.35. The van der Waals surface area contributed by atoms with Gasteiger partial charge < -0.3 is 10.2 Å². The molecule has 36 heavy (non-hydrogen) atoms. The van der Waals surface area contributed by atoms with Crippen LogP contribution < -0.4 is 10.6 Å². The molecule has 0 bridgehead atoms. The van der Waals surface area contributed by atoms with Gasteiger partial charge in [0.15, 0.2) is 5.78 Å². The summed E-state index contributed by atoms with van der Waals surface area (Å²) in [6.07, 6.45) is 5.20. The minimum atomic E-state index is -3.59. The van der Waals surface area contributed by atoms with Crippen LogP contribution in [0.1, 0.15) is 57.6 Å². The third kappa shape index (κ3) is 4.04. The third-order valence-electron chi connectivity index (χ3n) is 7.26. The molecule has 3 heterocycles. The number of ketones is 1. The molecule has 2 N–H and O–H groups in total. The van der Waals surface area contributed by atoms with Crippen LogP contribution in [-0.2, 0) is 14.8 Å². The minimum Gasteiger partial charge on any atom is -0.468 e. The van der Waals surface area contributed by atoms with Crippen LogP contribution in [0.5, 0.6) is 0 Å². The van der Waals surface area contributed by atoms with E-state index >= 15 is 0 Å². The predicted molar refractivity (Wildman–Crippen MR) is 135 cm³/mol. The van der Waals surface area contributed by atoms with E-state index < -0.39 is 15.9 Å². The average molecular weight is 507 g/mol. The molecule has 5 rings (SSSR count). The number of carbonyl (C=O) groups excluding carboxylic acids is 1. The van der Waals surface area contributed by atoms with E-state index in [1.54, 1.807) is 41.3 Å². The Morgan fingerprint density at radius 2 is 1.78 bits per heavy atom. The standard InChI is InChI=1S/C27H30N4O4S/c1-27(2)15-21-25(22(32)16-27)24(23-7-6-14-35-23)20(17-28)26(29)31(21)18-8-10-19(11-9-18)36(33,34)30-12-4-3-5-13-30/h6-11,14,24H,3-5,12-13,15-16,29H2,1-2H3. The maximum atomic E-state index is 13.5. The van der Waals surface area contributed by atoms with E-state index in [9.17, 15) is 18.5 Å². The van der Waals surface area contributed by atoms with Crippen LogP contribution in [0.4, 0.5) is 5.69 Å². The van der Waals surface area contributed by atoms with Crippen LogP contribution in [0.25, 0.3) is 0 Å². The van der Waals surface area contributed by atoms with Crippen molar-refractivity contribution >= 4 is 21.5 Å². The molecule has 0 radical (unpaired) electrons. The third-order valence-corrected chi connectivity index (χ3v) is 9.17. The van der Waals surface area contributed by atoms with Crippen LogP contribution in [0.2, 0.25) is 0 Å². The number of Topliss-reactive ketones (excluding diaryl/α,β-unsaturated/α-hetero) is 1. The van der Waals surface area contributed by atoms with Crippen molar-refractivity contribution in [3.63, 3.8) is 0 Å². The smallest absolute Gasteiger partial charge is 0.243 e. The van der Waals surface area contributed by atoms with Crippen LogP contribution in [0.15, 0.2) is 74.6 Å². The molecule has 1 atom stereocenters. The van der Waals surface area contributed by atoms with Crippen molar-refractivity contribution in [1.29, 1.82) is 5.26 Å². The number of piperidine rings is 1. The van der Waals surface area contributed by atoms with Crippen LogP contribution in [-0.4, -0.2) is 31.6 Å². The van der Waals surface area contributed by atoms with Crippen LogP contribution in [0, 0.1) is 16.7 Å². The first-order valence-corrected chi connectivity index (χ1v) is 13.7. The number of nitrogens with two attached hydrogens (primary N) is 1. The van der Waals surface area contributed by atoms with Gasteiger partial charge in [-0.25, -0.2) is 8.42 Å². The second-order valence-electron chi connectivity index (χ2n) is 10.5. The van der Waals surface area contributed by atoms with Gasteiger partial charge in [0.25, 0.3) is 0 Å². The summed E-state index contributed by atoms with van der Waals surface area (Å²) in [5.74, 6) is 0.00302. The van der Waals surface area contributed by atoms with Gasteiger partial charge >= 0.3 is 0 Å². The quantitative estimate of drug-likeness (QED) is 0.653. The lowest BCUT2D eigenvalue weighted by molar-refractivity contribution is -0.118. The number of allylic oxidation sites excluding steroid dienone is 3. The van der Waals surface area contributed by atoms with Crippen molar-refractivity contribution in [2.75, 3.05) is 18.0 Å². The molecule has 188 valence electrons. The Morgan fingerprint density at radius 1 is 1.08 bits per heavy atom. The Morgan fingerprint density at radius 3 is 2.39 bits per heavy atom. The molecule has 1 aliphatic carbocycles. The van der Waals surface area contributed by atoms with Gasteiger partial charge in [-0.2, -0.15) is 9.57 Å². The fraction of sp³-hybridized carbons (Fsp3) is 0.407. The first kappa shape index (κ1) is 24.3. The molecule has 1 aromatic carbocycles. The first-order valence-electron chi connectivity index (χ1n) is 12.2. The molecule has 2 aliphatic heterocycles. The molecule has 9 heteroatoms. The molecule has 1 aromatic heterocycles. The molecular weight excluding hydrogens is 476 g/mol. The SMILES string of the molecule is CC1(C)CC(=O)C2=C(C1)N(c1ccc(S(=O)(=O)N3CCCCC3)cc1)C(N)=C(C#N)C2c1ccco1. The maximum absolute atomic E-state index is 13.5. The summed E-state index contributed by atoms with van der Waals surface area (Å²) in [7, 11) is -3.59. The van der Waals surface area contributed by atoms with Gasteiger partial charge in [0, 0.05) is 36.5 Å². The number of anilines is 1. The normalized spacial score (nSPS) is 23.0. The second kappa shape index (κ2) is 8.95. The van der Waals surface area contributed by atoms with Gasteiger partial charge in [0.2, 0.25) is 10.0 Å². The number of nitriles is 1. The van der Waals surface area contributed by atoms with Gasteiger partial charge in [-0.15, -0.1) is 0 Å². The first-order chi connectivity index (χ1) is 17.1. The van der Waals surface area contributed by atoms with Crippen molar-refractivity contribution < 1.29 is 17.6 Å². The lowest BCUT2D eigenvalue weighted by Gasteiger charge is -2.43. The number of benzene rings is 1. The molecule has 0 saturated carbocycles. The van der Waals surface area contributed by atoms with Crippen LogP contribution >= 0.6 is 0 Å². The van der Waals surface area contributed by atoms with E-state index in [2.05, 4.69) is 6.07 Å². The number of sulfonamides is 1. The van der Waals surface area contributed by atoms with Crippen molar-refractivity contribution in [2.45, 2.75) is 56.8 Å². The largest absolute Gasteiger partial charge is 0.468 e. The zero-order chi connectivity index (χ0) is 25.7. The summed E-state index contributed by atoms with van der Waals surface area (Å²) in [4.78, 5) is 15.4. The summed E-state index contributed by atoms with van der Waals surface area (Å²) in [6, 6.07) is 12.2. The van der Waals surface area contributed by atoms with E-state index in [1.165, 1.54) is 10.6 Å². The van der Waals surface area contributed by atoms with E-state index in [1.807, 2.05) is 13.8 Å². The number of rotatable bonds is 4. The Kier molecular flexibility index (Phi) is 6.05. The van der Waals surface area contributed by atoms with Gasteiger partial charge in [0.05, 0.1) is 28.7 Å². The van der Waals surface area contributed by atoms with Gasteiger partial charge in [-0.3, -0.25) is 9.69 Å². The molecule has 1 fully saturated rings. The zero-order valence-electron chi connectivity index (χ0n) is 20.5. The van der Waals surface area contributed by atoms with Crippen molar-refractivity contribution in [3.8, 4) is 6.07 Å². The fourth-order valence-electron chi connectivity index (χ4n) is 5.57. The summed E-state index contributed by atoms with van der Waals surface area (Å²) in [6.45, 7) is 5.11. The summed E-state index contributed by atoms with van der Waals surface area (Å²) in [5, 5.41) is 10.1. The van der Waals surface area contributed by atoms with E-state index in [0.717, 1.165) is 25.0 Å². The molecule has 0 amide bonds. The zero-order valence-corrected chi connectivity index (χ0v) is 21.3. The lowest BCUT2D eigenvalue weighted by atomic mass is 9.69. The van der Waals surface area contributed by atoms with Crippen LogP contribution in [0.3, 0.4) is 0 Å². The molecule has 1 saturated heterocycles. The molecule has 2 aromatic rings. The van der Waals surface area contributed by atoms with E-state index in [-0.39, 0.29) is 27.5 Å². The van der Waals surface area contributed by atoms with Crippen molar-refractivity contribution in [2.24, 2.45) is 11.1 Å². The highest BCUT2D eigenvalue weighted by molar-refractivity contribution is 7.89. The number of hydrogen-bond donors (Lipinski definition) is 1.